The van der Waals surface area contributed by atoms with Gasteiger partial charge in [-0.3, -0.25) is 4.79 Å². The van der Waals surface area contributed by atoms with Crippen LogP contribution < -0.4 is 14.8 Å². The van der Waals surface area contributed by atoms with Gasteiger partial charge in [-0.15, -0.1) is 12.4 Å². The molecule has 0 heterocycles. The van der Waals surface area contributed by atoms with E-state index in [1.54, 1.807) is 42.5 Å². The van der Waals surface area contributed by atoms with Gasteiger partial charge in [0.25, 0.3) is 5.91 Å². The second-order valence-electron chi connectivity index (χ2n) is 8.84. The molecule has 8 nitrogen and oxygen atoms in total. The van der Waals surface area contributed by atoms with Gasteiger partial charge in [0.1, 0.15) is 11.5 Å². The lowest BCUT2D eigenvalue weighted by molar-refractivity contribution is 0.0976. The van der Waals surface area contributed by atoms with E-state index in [4.69, 9.17) is 4.74 Å². The molecule has 1 amide bonds. The summed E-state index contributed by atoms with van der Waals surface area (Å²) in [6.45, 7) is 4.71. The SMILES string of the molecule is CC(C)Oc1cc(-c2ccc(CCNC[C@@H](O)c3cccc(O)c3)cc2)ccc1C(=O)NS(C)(=O)=O.Cl. The molecule has 3 aromatic rings. The molecular weight excluding hydrogens is 516 g/mol. The van der Waals surface area contributed by atoms with E-state index in [0.29, 0.717) is 24.4 Å². The molecule has 10 heteroatoms. The number of sulfonamides is 1. The molecule has 0 saturated carbocycles. The molecule has 0 radical (unpaired) electrons. The van der Waals surface area contributed by atoms with Crippen molar-refractivity contribution in [2.45, 2.75) is 32.5 Å². The number of carbonyl (C=O) groups is 1. The molecule has 0 aliphatic heterocycles. The van der Waals surface area contributed by atoms with E-state index in [1.165, 1.54) is 0 Å². The zero-order chi connectivity index (χ0) is 26.3. The number of carbonyl (C=O) groups excluding carboxylic acids is 1. The van der Waals surface area contributed by atoms with Crippen LogP contribution in [0.3, 0.4) is 0 Å². The van der Waals surface area contributed by atoms with Crippen molar-refractivity contribution in [2.24, 2.45) is 0 Å². The summed E-state index contributed by atoms with van der Waals surface area (Å²) in [5, 5.41) is 23.0. The van der Waals surface area contributed by atoms with Crippen molar-refractivity contribution in [3.05, 3.63) is 83.4 Å². The van der Waals surface area contributed by atoms with Crippen molar-refractivity contribution in [2.75, 3.05) is 19.3 Å². The summed E-state index contributed by atoms with van der Waals surface area (Å²) in [5.41, 5.74) is 3.68. The van der Waals surface area contributed by atoms with Gasteiger partial charge in [0, 0.05) is 6.54 Å². The molecule has 0 saturated heterocycles. The van der Waals surface area contributed by atoms with Crippen molar-refractivity contribution in [3.63, 3.8) is 0 Å². The minimum atomic E-state index is -3.70. The third-order valence-corrected chi connectivity index (χ3v) is 5.89. The fraction of sp³-hybridized carbons (Fsp3) is 0.296. The Kier molecular flexibility index (Phi) is 10.9. The maximum Gasteiger partial charge on any atom is 0.268 e. The van der Waals surface area contributed by atoms with Crippen LogP contribution in [-0.2, 0) is 16.4 Å². The highest BCUT2D eigenvalue weighted by molar-refractivity contribution is 7.89. The Morgan fingerprint density at radius 2 is 1.68 bits per heavy atom. The number of aromatic hydroxyl groups is 1. The lowest BCUT2D eigenvalue weighted by Crippen LogP contribution is -2.30. The topological polar surface area (TPSA) is 125 Å². The van der Waals surface area contributed by atoms with Crippen LogP contribution in [0.25, 0.3) is 11.1 Å². The number of amides is 1. The minimum absolute atomic E-state index is 0. The lowest BCUT2D eigenvalue weighted by Gasteiger charge is -2.16. The van der Waals surface area contributed by atoms with Gasteiger partial charge >= 0.3 is 0 Å². The first kappa shape index (κ1) is 30.1. The molecule has 0 aromatic heterocycles. The quantitative estimate of drug-likeness (QED) is 0.268. The maximum absolute atomic E-state index is 12.4. The molecule has 3 rings (SSSR count). The highest BCUT2D eigenvalue weighted by Crippen LogP contribution is 2.29. The smallest absolute Gasteiger partial charge is 0.268 e. The first-order valence-corrected chi connectivity index (χ1v) is 13.5. The van der Waals surface area contributed by atoms with Crippen LogP contribution in [0.15, 0.2) is 66.7 Å². The molecule has 200 valence electrons. The molecule has 1 atom stereocenters. The van der Waals surface area contributed by atoms with Crippen LogP contribution in [0.2, 0.25) is 0 Å². The van der Waals surface area contributed by atoms with Gasteiger partial charge < -0.3 is 20.3 Å². The number of rotatable bonds is 11. The number of nitrogens with one attached hydrogen (secondary N) is 2. The van der Waals surface area contributed by atoms with Crippen LogP contribution in [-0.4, -0.2) is 50.0 Å². The van der Waals surface area contributed by atoms with Gasteiger partial charge in [0.05, 0.1) is 24.0 Å². The average Bonchev–Trinajstić information content (AvgIpc) is 2.80. The van der Waals surface area contributed by atoms with Gasteiger partial charge in [0.15, 0.2) is 0 Å². The predicted molar refractivity (Wildman–Crippen MR) is 147 cm³/mol. The fourth-order valence-corrected chi connectivity index (χ4v) is 4.10. The Balaban J connectivity index is 0.00000481. The molecule has 37 heavy (non-hydrogen) atoms. The standard InChI is InChI=1S/C27H32N2O6S.ClH/c1-18(2)35-26-16-21(11-12-24(26)27(32)29-36(3,33)34)20-9-7-19(8-10-20)13-14-28-17-25(31)22-5-4-6-23(30)15-22;/h4-12,15-16,18,25,28,30-31H,13-14,17H2,1-3H3,(H,29,32);1H/t25-;/m1./s1. The number of ether oxygens (including phenoxy) is 1. The number of aliphatic hydroxyl groups is 1. The summed E-state index contributed by atoms with van der Waals surface area (Å²) in [7, 11) is -3.70. The Labute approximate surface area is 224 Å². The zero-order valence-corrected chi connectivity index (χ0v) is 22.6. The van der Waals surface area contributed by atoms with E-state index >= 15 is 0 Å². The van der Waals surface area contributed by atoms with Crippen LogP contribution in [0.5, 0.6) is 11.5 Å². The van der Waals surface area contributed by atoms with Crippen LogP contribution >= 0.6 is 12.4 Å². The number of aliphatic hydroxyl groups excluding tert-OH is 1. The largest absolute Gasteiger partial charge is 0.508 e. The van der Waals surface area contributed by atoms with Crippen molar-refractivity contribution in [1.82, 2.24) is 10.0 Å². The van der Waals surface area contributed by atoms with Gasteiger partial charge in [-0.2, -0.15) is 0 Å². The predicted octanol–water partition coefficient (Wildman–Crippen LogP) is 3.82. The van der Waals surface area contributed by atoms with Gasteiger partial charge in [0.2, 0.25) is 10.0 Å². The molecule has 4 N–H and O–H groups in total. The molecule has 0 fully saturated rings. The number of phenolic OH excluding ortho intramolecular Hbond substituents is 1. The monoisotopic (exact) mass is 548 g/mol. The second-order valence-corrected chi connectivity index (χ2v) is 10.6. The Hall–Kier alpha value is -3.11. The van der Waals surface area contributed by atoms with E-state index in [1.807, 2.05) is 42.8 Å². The molecule has 0 aliphatic rings. The van der Waals surface area contributed by atoms with Crippen molar-refractivity contribution >= 4 is 28.3 Å². The van der Waals surface area contributed by atoms with Crippen LogP contribution in [0.1, 0.15) is 41.4 Å². The van der Waals surface area contributed by atoms with Crippen molar-refractivity contribution in [1.29, 1.82) is 0 Å². The fourth-order valence-electron chi connectivity index (χ4n) is 3.65. The Morgan fingerprint density at radius 3 is 2.30 bits per heavy atom. The summed E-state index contributed by atoms with van der Waals surface area (Å²) in [4.78, 5) is 12.4. The number of benzene rings is 3. The van der Waals surface area contributed by atoms with Crippen molar-refractivity contribution < 1.29 is 28.2 Å². The molecule has 0 bridgehead atoms. The first-order chi connectivity index (χ1) is 17.0. The molecule has 3 aromatic carbocycles. The third kappa shape index (κ3) is 9.36. The Bertz CT molecular complexity index is 1300. The molecule has 0 spiro atoms. The van der Waals surface area contributed by atoms with Crippen LogP contribution in [0.4, 0.5) is 0 Å². The average molecular weight is 549 g/mol. The summed E-state index contributed by atoms with van der Waals surface area (Å²) in [6.07, 6.45) is 0.783. The normalized spacial score (nSPS) is 12.0. The van der Waals surface area contributed by atoms with E-state index in [9.17, 15) is 23.4 Å². The molecular formula is C27H33ClN2O6S. The van der Waals surface area contributed by atoms with E-state index in [-0.39, 0.29) is 29.8 Å². The Morgan fingerprint density at radius 1 is 1.00 bits per heavy atom. The lowest BCUT2D eigenvalue weighted by atomic mass is 10.0. The number of hydrogen-bond donors (Lipinski definition) is 4. The summed E-state index contributed by atoms with van der Waals surface area (Å²) in [5.74, 6) is -0.305. The molecule has 0 aliphatic carbocycles. The van der Waals surface area contributed by atoms with Gasteiger partial charge in [-0.1, -0.05) is 42.5 Å². The summed E-state index contributed by atoms with van der Waals surface area (Å²) in [6, 6.07) is 19.6. The highest BCUT2D eigenvalue weighted by atomic mass is 35.5. The first-order valence-electron chi connectivity index (χ1n) is 11.6. The van der Waals surface area contributed by atoms with Crippen molar-refractivity contribution in [3.8, 4) is 22.6 Å². The van der Waals surface area contributed by atoms with Crippen LogP contribution in [0, 0.1) is 0 Å². The minimum Gasteiger partial charge on any atom is -0.508 e. The zero-order valence-electron chi connectivity index (χ0n) is 21.0. The number of hydrogen-bond acceptors (Lipinski definition) is 7. The van der Waals surface area contributed by atoms with Gasteiger partial charge in [-0.05, 0) is 73.3 Å². The number of phenols is 1. The third-order valence-electron chi connectivity index (χ3n) is 5.34. The van der Waals surface area contributed by atoms with E-state index < -0.39 is 22.0 Å². The number of halogens is 1. The highest BCUT2D eigenvalue weighted by Gasteiger charge is 2.18. The van der Waals surface area contributed by atoms with Gasteiger partial charge in [-0.25, -0.2) is 13.1 Å². The van der Waals surface area contributed by atoms with E-state index in [2.05, 4.69) is 5.32 Å². The summed E-state index contributed by atoms with van der Waals surface area (Å²) >= 11 is 0. The maximum atomic E-state index is 12.4. The second kappa shape index (κ2) is 13.4. The molecule has 0 unspecified atom stereocenters. The van der Waals surface area contributed by atoms with E-state index in [0.717, 1.165) is 29.4 Å². The summed E-state index contributed by atoms with van der Waals surface area (Å²) < 4.78 is 30.7.